The molecule has 1 heterocycles. The Balaban J connectivity index is 2.07. The zero-order chi connectivity index (χ0) is 15.8. The fourth-order valence-corrected chi connectivity index (χ4v) is 2.93. The van der Waals surface area contributed by atoms with Crippen LogP contribution in [0.5, 0.6) is 0 Å². The topological polar surface area (TPSA) is 75.6 Å². The summed E-state index contributed by atoms with van der Waals surface area (Å²) in [6.07, 6.45) is -1.19. The minimum Gasteiger partial charge on any atom is -0.459 e. The molecule has 21 heavy (non-hydrogen) atoms. The standard InChI is InChI=1S/C14H16ClNO4S/c1-14(2,3)20-11(17)6-21-10-5-9-7(4-8(10)15)12(18)13(19)16-9/h4-5,12,18H,6H2,1-3H3,(H,16,19). The van der Waals surface area contributed by atoms with Crippen LogP contribution < -0.4 is 5.32 Å². The average molecular weight is 330 g/mol. The van der Waals surface area contributed by atoms with Gasteiger partial charge >= 0.3 is 5.97 Å². The minimum absolute atomic E-state index is 0.117. The maximum atomic E-state index is 11.7. The van der Waals surface area contributed by atoms with E-state index in [1.54, 1.807) is 26.8 Å². The molecule has 0 aliphatic carbocycles. The zero-order valence-corrected chi connectivity index (χ0v) is 13.5. The Hall–Kier alpha value is -1.24. The number of carbonyl (C=O) groups excluding carboxylic acids is 2. The number of thioether (sulfide) groups is 1. The van der Waals surface area contributed by atoms with Crippen molar-refractivity contribution in [2.75, 3.05) is 11.1 Å². The molecule has 114 valence electrons. The molecule has 0 radical (unpaired) electrons. The van der Waals surface area contributed by atoms with Gasteiger partial charge in [0.1, 0.15) is 5.60 Å². The van der Waals surface area contributed by atoms with Crippen molar-refractivity contribution in [1.29, 1.82) is 0 Å². The van der Waals surface area contributed by atoms with Crippen molar-refractivity contribution in [3.05, 3.63) is 22.7 Å². The smallest absolute Gasteiger partial charge is 0.316 e. The number of ether oxygens (including phenoxy) is 1. The van der Waals surface area contributed by atoms with Gasteiger partial charge in [-0.15, -0.1) is 11.8 Å². The van der Waals surface area contributed by atoms with Gasteiger partial charge in [0, 0.05) is 16.1 Å². The summed E-state index contributed by atoms with van der Waals surface area (Å²) in [4.78, 5) is 23.7. The highest BCUT2D eigenvalue weighted by Crippen LogP contribution is 2.38. The molecular formula is C14H16ClNO4S. The van der Waals surface area contributed by atoms with Crippen LogP contribution in [0.2, 0.25) is 5.02 Å². The van der Waals surface area contributed by atoms with Crippen LogP contribution >= 0.6 is 23.4 Å². The molecule has 0 spiro atoms. The van der Waals surface area contributed by atoms with Crippen LogP contribution in [-0.2, 0) is 14.3 Å². The number of nitrogens with one attached hydrogen (secondary N) is 1. The first-order valence-electron chi connectivity index (χ1n) is 6.34. The van der Waals surface area contributed by atoms with Crippen LogP contribution in [0.15, 0.2) is 17.0 Å². The Morgan fingerprint density at radius 2 is 2.14 bits per heavy atom. The number of fused-ring (bicyclic) bond motifs is 1. The lowest BCUT2D eigenvalue weighted by atomic mass is 10.1. The molecular weight excluding hydrogens is 314 g/mol. The molecule has 1 atom stereocenters. The number of amides is 1. The van der Waals surface area contributed by atoms with Crippen LogP contribution in [0, 0.1) is 0 Å². The summed E-state index contributed by atoms with van der Waals surface area (Å²) in [5.74, 6) is -0.699. The van der Waals surface area contributed by atoms with Gasteiger partial charge in [-0.25, -0.2) is 0 Å². The van der Waals surface area contributed by atoms with Crippen LogP contribution in [0.3, 0.4) is 0 Å². The van der Waals surface area contributed by atoms with Crippen molar-refractivity contribution in [2.45, 2.75) is 37.4 Å². The quantitative estimate of drug-likeness (QED) is 0.658. The molecule has 1 amide bonds. The highest BCUT2D eigenvalue weighted by Gasteiger charge is 2.29. The molecule has 1 aromatic carbocycles. The largest absolute Gasteiger partial charge is 0.459 e. The van der Waals surface area contributed by atoms with E-state index >= 15 is 0 Å². The van der Waals surface area contributed by atoms with Gasteiger partial charge in [-0.3, -0.25) is 9.59 Å². The summed E-state index contributed by atoms with van der Waals surface area (Å²) < 4.78 is 5.21. The van der Waals surface area contributed by atoms with Crippen LogP contribution in [0.25, 0.3) is 0 Å². The van der Waals surface area contributed by atoms with Crippen LogP contribution in [0.4, 0.5) is 5.69 Å². The SMILES string of the molecule is CC(C)(C)OC(=O)CSc1cc2c(cc1Cl)C(O)C(=O)N2. The Bertz CT molecular complexity index is 597. The summed E-state index contributed by atoms with van der Waals surface area (Å²) in [5, 5.41) is 12.6. The summed E-state index contributed by atoms with van der Waals surface area (Å²) in [6, 6.07) is 3.19. The predicted molar refractivity (Wildman–Crippen MR) is 81.6 cm³/mol. The molecule has 1 aliphatic heterocycles. The first kappa shape index (κ1) is 16.1. The number of halogens is 1. The van der Waals surface area contributed by atoms with Gasteiger partial charge in [0.25, 0.3) is 5.91 Å². The van der Waals surface area contributed by atoms with E-state index in [-0.39, 0.29) is 11.7 Å². The number of rotatable bonds is 3. The van der Waals surface area contributed by atoms with Crippen molar-refractivity contribution < 1.29 is 19.4 Å². The molecule has 5 nitrogen and oxygen atoms in total. The highest BCUT2D eigenvalue weighted by molar-refractivity contribution is 8.00. The number of esters is 1. The van der Waals surface area contributed by atoms with E-state index in [1.807, 2.05) is 0 Å². The first-order valence-corrected chi connectivity index (χ1v) is 7.71. The molecule has 2 N–H and O–H groups in total. The lowest BCUT2D eigenvalue weighted by molar-refractivity contribution is -0.151. The van der Waals surface area contributed by atoms with Gasteiger partial charge in [-0.05, 0) is 32.9 Å². The van der Waals surface area contributed by atoms with Crippen molar-refractivity contribution in [2.24, 2.45) is 0 Å². The number of carbonyl (C=O) groups is 2. The lowest BCUT2D eigenvalue weighted by Gasteiger charge is -2.19. The van der Waals surface area contributed by atoms with E-state index < -0.39 is 17.6 Å². The molecule has 1 aromatic rings. The number of anilines is 1. The van der Waals surface area contributed by atoms with Gasteiger partial charge in [0.05, 0.1) is 10.8 Å². The van der Waals surface area contributed by atoms with E-state index in [1.165, 1.54) is 17.8 Å². The maximum absolute atomic E-state index is 11.7. The van der Waals surface area contributed by atoms with Crippen LogP contribution in [-0.4, -0.2) is 28.3 Å². The molecule has 0 saturated heterocycles. The highest BCUT2D eigenvalue weighted by atomic mass is 35.5. The molecule has 7 heteroatoms. The third kappa shape index (κ3) is 3.90. The Labute approximate surface area is 132 Å². The lowest BCUT2D eigenvalue weighted by Crippen LogP contribution is -2.24. The molecule has 0 saturated carbocycles. The predicted octanol–water partition coefficient (Wildman–Crippen LogP) is 2.76. The van der Waals surface area contributed by atoms with Gasteiger partial charge in [0.15, 0.2) is 6.10 Å². The van der Waals surface area contributed by atoms with Gasteiger partial charge in [0.2, 0.25) is 0 Å². The summed E-state index contributed by atoms with van der Waals surface area (Å²) in [6.45, 7) is 5.40. The van der Waals surface area contributed by atoms with E-state index in [9.17, 15) is 14.7 Å². The van der Waals surface area contributed by atoms with Crippen molar-refractivity contribution in [1.82, 2.24) is 0 Å². The Morgan fingerprint density at radius 1 is 1.48 bits per heavy atom. The maximum Gasteiger partial charge on any atom is 0.316 e. The van der Waals surface area contributed by atoms with Crippen molar-refractivity contribution in [3.63, 3.8) is 0 Å². The summed E-state index contributed by atoms with van der Waals surface area (Å²) >= 11 is 7.34. The second-order valence-electron chi connectivity index (χ2n) is 5.64. The van der Waals surface area contributed by atoms with Crippen molar-refractivity contribution >= 4 is 40.9 Å². The van der Waals surface area contributed by atoms with Gasteiger partial charge < -0.3 is 15.2 Å². The monoisotopic (exact) mass is 329 g/mol. The average Bonchev–Trinajstić information content (AvgIpc) is 2.61. The van der Waals surface area contributed by atoms with E-state index in [2.05, 4.69) is 5.32 Å². The van der Waals surface area contributed by atoms with E-state index in [0.717, 1.165) is 0 Å². The molecule has 1 unspecified atom stereocenters. The van der Waals surface area contributed by atoms with Crippen molar-refractivity contribution in [3.8, 4) is 0 Å². The molecule has 0 bridgehead atoms. The second-order valence-corrected chi connectivity index (χ2v) is 7.06. The number of hydrogen-bond acceptors (Lipinski definition) is 5. The van der Waals surface area contributed by atoms with Gasteiger partial charge in [-0.2, -0.15) is 0 Å². The van der Waals surface area contributed by atoms with Gasteiger partial charge in [-0.1, -0.05) is 11.6 Å². The Morgan fingerprint density at radius 3 is 2.76 bits per heavy atom. The fraction of sp³-hybridized carbons (Fsp3) is 0.429. The summed E-state index contributed by atoms with van der Waals surface area (Å²) in [7, 11) is 0. The number of aliphatic hydroxyl groups excluding tert-OH is 1. The Kier molecular flexibility index (Phi) is 4.51. The normalized spacial score (nSPS) is 17.4. The molecule has 1 aliphatic rings. The molecule has 0 fully saturated rings. The zero-order valence-electron chi connectivity index (χ0n) is 11.9. The summed E-state index contributed by atoms with van der Waals surface area (Å²) in [5.41, 5.74) is 0.437. The number of hydrogen-bond donors (Lipinski definition) is 2. The van der Waals surface area contributed by atoms with E-state index in [4.69, 9.17) is 16.3 Å². The minimum atomic E-state index is -1.19. The van der Waals surface area contributed by atoms with E-state index in [0.29, 0.717) is 21.2 Å². The second kappa shape index (κ2) is 5.87. The molecule has 2 rings (SSSR count). The molecule has 0 aromatic heterocycles. The number of aliphatic hydroxyl groups is 1. The first-order chi connectivity index (χ1) is 9.67. The fourth-order valence-electron chi connectivity index (χ4n) is 1.86. The third-order valence-corrected chi connectivity index (χ3v) is 4.12. The van der Waals surface area contributed by atoms with Crippen LogP contribution in [0.1, 0.15) is 32.4 Å². The number of benzene rings is 1. The third-order valence-electron chi connectivity index (χ3n) is 2.67.